The molecule has 0 aliphatic heterocycles. The van der Waals surface area contributed by atoms with Crippen LogP contribution in [0.3, 0.4) is 0 Å². The van der Waals surface area contributed by atoms with Gasteiger partial charge in [0.15, 0.2) is 5.65 Å². The Bertz CT molecular complexity index is 1510. The van der Waals surface area contributed by atoms with Crippen LogP contribution >= 0.6 is 0 Å². The first-order valence-electron chi connectivity index (χ1n) is 12.6. The zero-order chi connectivity index (χ0) is 26.5. The fourth-order valence-corrected chi connectivity index (χ4v) is 4.33. The number of fused-ring (bicyclic) bond motifs is 1. The average molecular weight is 506 g/mol. The molecule has 0 bridgehead atoms. The van der Waals surface area contributed by atoms with Gasteiger partial charge in [-0.15, -0.1) is 0 Å². The Labute approximate surface area is 222 Å². The Balaban J connectivity index is 1.62. The van der Waals surface area contributed by atoms with Crippen molar-refractivity contribution in [1.82, 2.24) is 24.4 Å². The van der Waals surface area contributed by atoms with Crippen molar-refractivity contribution in [3.63, 3.8) is 0 Å². The van der Waals surface area contributed by atoms with Crippen molar-refractivity contribution in [2.45, 2.75) is 6.54 Å². The summed E-state index contributed by atoms with van der Waals surface area (Å²) in [6.07, 6.45) is 0. The van der Waals surface area contributed by atoms with E-state index >= 15 is 0 Å². The maximum absolute atomic E-state index is 14.2. The van der Waals surface area contributed by atoms with E-state index in [9.17, 15) is 4.79 Å². The average Bonchev–Trinajstić information content (AvgIpc) is 3.40. The molecule has 1 amide bonds. The SMILES string of the molecule is COc1ccc(-c2cc(C(=O)N(CCN(C)C)Cc3ccccc3)n3nc(-c4ccccc4)cc3n2)cc1. The highest BCUT2D eigenvalue weighted by molar-refractivity contribution is 5.94. The van der Waals surface area contributed by atoms with Crippen LogP contribution in [0, 0.1) is 0 Å². The van der Waals surface area contributed by atoms with Crippen LogP contribution in [0.5, 0.6) is 5.75 Å². The van der Waals surface area contributed by atoms with Gasteiger partial charge in [-0.25, -0.2) is 9.50 Å². The first-order chi connectivity index (χ1) is 18.5. The van der Waals surface area contributed by atoms with Crippen LogP contribution in [0.4, 0.5) is 0 Å². The van der Waals surface area contributed by atoms with Gasteiger partial charge in [-0.2, -0.15) is 5.10 Å². The summed E-state index contributed by atoms with van der Waals surface area (Å²) in [5.74, 6) is 0.667. The van der Waals surface area contributed by atoms with E-state index in [0.29, 0.717) is 30.1 Å². The van der Waals surface area contributed by atoms with E-state index in [1.54, 1.807) is 11.6 Å². The molecule has 0 spiro atoms. The maximum Gasteiger partial charge on any atom is 0.273 e. The van der Waals surface area contributed by atoms with E-state index in [1.807, 2.05) is 116 Å². The minimum absolute atomic E-state index is 0.0967. The fraction of sp³-hybridized carbons (Fsp3) is 0.194. The summed E-state index contributed by atoms with van der Waals surface area (Å²) in [5, 5.41) is 4.83. The lowest BCUT2D eigenvalue weighted by Crippen LogP contribution is -2.37. The van der Waals surface area contributed by atoms with Gasteiger partial charge in [0, 0.05) is 36.8 Å². The first kappa shape index (κ1) is 25.2. The molecule has 0 atom stereocenters. The smallest absolute Gasteiger partial charge is 0.273 e. The van der Waals surface area contributed by atoms with Crippen molar-refractivity contribution in [2.75, 3.05) is 34.3 Å². The van der Waals surface area contributed by atoms with Gasteiger partial charge < -0.3 is 14.5 Å². The number of likely N-dealkylation sites (N-methyl/N-ethyl adjacent to an activating group) is 1. The lowest BCUT2D eigenvalue weighted by Gasteiger charge is -2.25. The summed E-state index contributed by atoms with van der Waals surface area (Å²) < 4.78 is 7.00. The predicted octanol–water partition coefficient (Wildman–Crippen LogP) is 5.28. The highest BCUT2D eigenvalue weighted by Crippen LogP contribution is 2.26. The van der Waals surface area contributed by atoms with Gasteiger partial charge >= 0.3 is 0 Å². The standard InChI is InChI=1S/C31H31N5O2/c1-34(2)18-19-35(22-23-10-6-4-7-11-23)31(37)29-20-27(25-14-16-26(38-3)17-15-25)32-30-21-28(33-36(29)30)24-12-8-5-9-13-24/h4-17,20-21H,18-19,22H2,1-3H3. The Morgan fingerprint density at radius 1 is 0.816 bits per heavy atom. The summed E-state index contributed by atoms with van der Waals surface area (Å²) in [6.45, 7) is 1.82. The molecule has 0 unspecified atom stereocenters. The molecule has 7 nitrogen and oxygen atoms in total. The van der Waals surface area contributed by atoms with Gasteiger partial charge in [-0.3, -0.25) is 4.79 Å². The number of carbonyl (C=O) groups is 1. The number of benzene rings is 3. The minimum atomic E-state index is -0.0967. The summed E-state index contributed by atoms with van der Waals surface area (Å²) in [4.78, 5) is 23.1. The normalized spacial score (nSPS) is 11.2. The second-order valence-corrected chi connectivity index (χ2v) is 9.44. The van der Waals surface area contributed by atoms with E-state index < -0.39 is 0 Å². The molecule has 192 valence electrons. The van der Waals surface area contributed by atoms with Gasteiger partial charge in [0.2, 0.25) is 0 Å². The summed E-state index contributed by atoms with van der Waals surface area (Å²) in [7, 11) is 5.66. The number of carbonyl (C=O) groups excluding carboxylic acids is 1. The van der Waals surface area contributed by atoms with Crippen LogP contribution in [0.2, 0.25) is 0 Å². The van der Waals surface area contributed by atoms with Crippen LogP contribution in [0.15, 0.2) is 97.1 Å². The van der Waals surface area contributed by atoms with Gasteiger partial charge in [0.25, 0.3) is 5.91 Å². The van der Waals surface area contributed by atoms with Crippen LogP contribution in [-0.4, -0.2) is 64.6 Å². The Morgan fingerprint density at radius 3 is 2.13 bits per heavy atom. The highest BCUT2D eigenvalue weighted by atomic mass is 16.5. The Morgan fingerprint density at radius 2 is 1.47 bits per heavy atom. The molecule has 2 aromatic heterocycles. The van der Waals surface area contributed by atoms with Crippen molar-refractivity contribution in [1.29, 1.82) is 0 Å². The monoisotopic (exact) mass is 505 g/mol. The minimum Gasteiger partial charge on any atom is -0.497 e. The summed E-state index contributed by atoms with van der Waals surface area (Å²) >= 11 is 0. The van der Waals surface area contributed by atoms with Gasteiger partial charge in [0.1, 0.15) is 11.4 Å². The topological polar surface area (TPSA) is 63.0 Å². The molecule has 2 heterocycles. The van der Waals surface area contributed by atoms with E-state index in [2.05, 4.69) is 4.90 Å². The number of hydrogen-bond donors (Lipinski definition) is 0. The zero-order valence-electron chi connectivity index (χ0n) is 21.9. The second kappa shape index (κ2) is 11.3. The third-order valence-corrected chi connectivity index (χ3v) is 6.42. The third-order valence-electron chi connectivity index (χ3n) is 6.42. The fourth-order valence-electron chi connectivity index (χ4n) is 4.33. The molecule has 0 saturated heterocycles. The van der Waals surface area contributed by atoms with Crippen LogP contribution < -0.4 is 4.74 Å². The van der Waals surface area contributed by atoms with E-state index in [-0.39, 0.29) is 5.91 Å². The summed E-state index contributed by atoms with van der Waals surface area (Å²) in [5.41, 5.74) is 5.50. The first-order valence-corrected chi connectivity index (χ1v) is 12.6. The molecule has 0 radical (unpaired) electrons. The van der Waals surface area contributed by atoms with E-state index in [0.717, 1.165) is 34.7 Å². The molecule has 7 heteroatoms. The van der Waals surface area contributed by atoms with Crippen molar-refractivity contribution < 1.29 is 9.53 Å². The highest BCUT2D eigenvalue weighted by Gasteiger charge is 2.23. The van der Waals surface area contributed by atoms with Gasteiger partial charge in [-0.05, 0) is 50.0 Å². The van der Waals surface area contributed by atoms with Crippen molar-refractivity contribution in [3.8, 4) is 28.3 Å². The number of hydrogen-bond acceptors (Lipinski definition) is 5. The molecule has 0 saturated carbocycles. The molecule has 5 aromatic rings. The van der Waals surface area contributed by atoms with Crippen molar-refractivity contribution in [3.05, 3.63) is 108 Å². The van der Waals surface area contributed by atoms with Crippen LogP contribution in [0.25, 0.3) is 28.2 Å². The number of amides is 1. The Kier molecular flexibility index (Phi) is 7.47. The van der Waals surface area contributed by atoms with E-state index in [4.69, 9.17) is 14.8 Å². The van der Waals surface area contributed by atoms with Crippen molar-refractivity contribution >= 4 is 11.6 Å². The molecule has 0 fully saturated rings. The van der Waals surface area contributed by atoms with Crippen LogP contribution in [0.1, 0.15) is 16.1 Å². The number of rotatable bonds is 9. The van der Waals surface area contributed by atoms with Crippen molar-refractivity contribution in [2.24, 2.45) is 0 Å². The maximum atomic E-state index is 14.2. The molecule has 3 aromatic carbocycles. The van der Waals surface area contributed by atoms with Gasteiger partial charge in [0.05, 0.1) is 18.5 Å². The quantitative estimate of drug-likeness (QED) is 0.273. The lowest BCUT2D eigenvalue weighted by atomic mass is 10.1. The van der Waals surface area contributed by atoms with Gasteiger partial charge in [-0.1, -0.05) is 60.7 Å². The predicted molar refractivity (Wildman–Crippen MR) is 150 cm³/mol. The number of nitrogens with zero attached hydrogens (tertiary/aromatic N) is 5. The Hall–Kier alpha value is -4.49. The van der Waals surface area contributed by atoms with E-state index in [1.165, 1.54) is 0 Å². The molecular formula is C31H31N5O2. The number of methoxy groups -OCH3 is 1. The lowest BCUT2D eigenvalue weighted by molar-refractivity contribution is 0.0723. The summed E-state index contributed by atoms with van der Waals surface area (Å²) in [6, 6.07) is 31.5. The second-order valence-electron chi connectivity index (χ2n) is 9.44. The largest absolute Gasteiger partial charge is 0.497 e. The molecular weight excluding hydrogens is 474 g/mol. The molecule has 0 aliphatic carbocycles. The molecule has 38 heavy (non-hydrogen) atoms. The number of ether oxygens (including phenoxy) is 1. The third kappa shape index (κ3) is 5.58. The van der Waals surface area contributed by atoms with Crippen LogP contribution in [-0.2, 0) is 6.54 Å². The molecule has 0 aliphatic rings. The zero-order valence-corrected chi connectivity index (χ0v) is 21.9. The molecule has 5 rings (SSSR count). The number of aromatic nitrogens is 3. The molecule has 0 N–H and O–H groups in total.